The van der Waals surface area contributed by atoms with Crippen molar-refractivity contribution < 1.29 is 26.6 Å². The fraction of sp³-hybridized carbons (Fsp3) is 1.00. The normalized spacial score (nSPS) is 23.6. The Hall–Kier alpha value is -0.210. The lowest BCUT2D eigenvalue weighted by Crippen LogP contribution is -2.29. The second-order valence-corrected chi connectivity index (χ2v) is 8.54. The minimum Gasteiger partial charge on any atom is -0.726 e. The molecule has 0 aliphatic carbocycles. The molecular weight excluding hydrogens is 356 g/mol. The SMILES string of the molecule is CCCCCCCCCCCCCC1COC(C)(CCOS(=O)(=O)[O-])O1. The molecule has 0 radical (unpaired) electrons. The van der Waals surface area contributed by atoms with Gasteiger partial charge in [0.15, 0.2) is 5.79 Å². The van der Waals surface area contributed by atoms with Crippen LogP contribution in [0.5, 0.6) is 0 Å². The van der Waals surface area contributed by atoms with E-state index in [1.54, 1.807) is 6.92 Å². The van der Waals surface area contributed by atoms with E-state index in [9.17, 15) is 13.0 Å². The molecule has 26 heavy (non-hydrogen) atoms. The molecule has 1 heterocycles. The van der Waals surface area contributed by atoms with Gasteiger partial charge in [-0.3, -0.25) is 4.18 Å². The molecule has 1 fully saturated rings. The monoisotopic (exact) mass is 393 g/mol. The first-order chi connectivity index (χ1) is 12.3. The zero-order chi connectivity index (χ0) is 19.3. The summed E-state index contributed by atoms with van der Waals surface area (Å²) in [7, 11) is -4.65. The van der Waals surface area contributed by atoms with Crippen molar-refractivity contribution in [3.8, 4) is 0 Å². The summed E-state index contributed by atoms with van der Waals surface area (Å²) >= 11 is 0. The van der Waals surface area contributed by atoms with Gasteiger partial charge in [-0.1, -0.05) is 77.6 Å². The number of rotatable bonds is 16. The van der Waals surface area contributed by atoms with Gasteiger partial charge in [0.1, 0.15) is 0 Å². The van der Waals surface area contributed by atoms with Crippen molar-refractivity contribution in [2.75, 3.05) is 13.2 Å². The quantitative estimate of drug-likeness (QED) is 0.215. The fourth-order valence-corrected chi connectivity index (χ4v) is 3.62. The molecule has 7 heteroatoms. The van der Waals surface area contributed by atoms with Crippen LogP contribution in [0.1, 0.15) is 97.3 Å². The van der Waals surface area contributed by atoms with Gasteiger partial charge in [-0.25, -0.2) is 8.42 Å². The molecular formula is C19H37O6S-. The fourth-order valence-electron chi connectivity index (χ4n) is 3.33. The van der Waals surface area contributed by atoms with Crippen LogP contribution in [0.2, 0.25) is 0 Å². The van der Waals surface area contributed by atoms with Crippen LogP contribution >= 0.6 is 0 Å². The highest BCUT2D eigenvalue weighted by molar-refractivity contribution is 7.80. The van der Waals surface area contributed by atoms with Crippen LogP contribution in [0.4, 0.5) is 0 Å². The molecule has 1 saturated heterocycles. The summed E-state index contributed by atoms with van der Waals surface area (Å²) in [6, 6.07) is 0. The molecule has 0 bridgehead atoms. The standard InChI is InChI=1S/C19H38O6S/c1-3-4-5-6-7-8-9-10-11-12-13-14-18-17-23-19(2,25-18)15-16-24-26(20,21)22/h18H,3-17H2,1-2H3,(H,20,21,22)/p-1. The number of hydrogen-bond acceptors (Lipinski definition) is 6. The van der Waals surface area contributed by atoms with E-state index in [0.717, 1.165) is 12.8 Å². The van der Waals surface area contributed by atoms with E-state index in [0.29, 0.717) is 6.61 Å². The van der Waals surface area contributed by atoms with Crippen LogP contribution in [-0.4, -0.2) is 38.1 Å². The summed E-state index contributed by atoms with van der Waals surface area (Å²) in [4.78, 5) is 0. The molecule has 6 nitrogen and oxygen atoms in total. The number of ether oxygens (including phenoxy) is 2. The largest absolute Gasteiger partial charge is 0.726 e. The Morgan fingerprint density at radius 3 is 2.08 bits per heavy atom. The van der Waals surface area contributed by atoms with Gasteiger partial charge in [-0.05, 0) is 13.3 Å². The molecule has 0 aromatic carbocycles. The molecule has 0 aromatic heterocycles. The van der Waals surface area contributed by atoms with Crippen LogP contribution in [-0.2, 0) is 24.1 Å². The lowest BCUT2D eigenvalue weighted by Gasteiger charge is -2.23. The summed E-state index contributed by atoms with van der Waals surface area (Å²) in [6.45, 7) is 4.31. The van der Waals surface area contributed by atoms with E-state index < -0.39 is 16.2 Å². The molecule has 2 atom stereocenters. The first-order valence-electron chi connectivity index (χ1n) is 10.3. The van der Waals surface area contributed by atoms with Crippen LogP contribution in [0.3, 0.4) is 0 Å². The van der Waals surface area contributed by atoms with Crippen molar-refractivity contribution in [1.82, 2.24) is 0 Å². The molecule has 1 aliphatic rings. The Kier molecular flexibility index (Phi) is 12.0. The molecule has 1 rings (SSSR count). The summed E-state index contributed by atoms with van der Waals surface area (Å²) in [6.07, 6.45) is 15.7. The van der Waals surface area contributed by atoms with Gasteiger partial charge in [0, 0.05) is 6.42 Å². The predicted octanol–water partition coefficient (Wildman–Crippen LogP) is 4.69. The van der Waals surface area contributed by atoms with Crippen molar-refractivity contribution in [1.29, 1.82) is 0 Å². The topological polar surface area (TPSA) is 84.9 Å². The average molecular weight is 394 g/mol. The van der Waals surface area contributed by atoms with Crippen LogP contribution in [0.15, 0.2) is 0 Å². The lowest BCUT2D eigenvalue weighted by atomic mass is 10.0. The molecule has 0 saturated carbocycles. The van der Waals surface area contributed by atoms with E-state index in [-0.39, 0.29) is 19.1 Å². The number of hydrogen-bond donors (Lipinski definition) is 0. The van der Waals surface area contributed by atoms with Crippen molar-refractivity contribution in [3.05, 3.63) is 0 Å². The van der Waals surface area contributed by atoms with Gasteiger partial charge in [-0.15, -0.1) is 0 Å². The Balaban J connectivity index is 1.95. The number of unbranched alkanes of at least 4 members (excludes halogenated alkanes) is 10. The molecule has 0 N–H and O–H groups in total. The highest BCUT2D eigenvalue weighted by Crippen LogP contribution is 2.29. The van der Waals surface area contributed by atoms with Crippen LogP contribution in [0.25, 0.3) is 0 Å². The zero-order valence-corrected chi connectivity index (χ0v) is 17.4. The maximum absolute atomic E-state index is 10.4. The maximum atomic E-state index is 10.4. The van der Waals surface area contributed by atoms with Gasteiger partial charge >= 0.3 is 0 Å². The van der Waals surface area contributed by atoms with E-state index in [4.69, 9.17) is 9.47 Å². The Morgan fingerprint density at radius 1 is 1.00 bits per heavy atom. The Labute approximate surface area is 159 Å². The van der Waals surface area contributed by atoms with Crippen molar-refractivity contribution >= 4 is 10.4 Å². The Bertz CT molecular complexity index is 453. The zero-order valence-electron chi connectivity index (χ0n) is 16.5. The van der Waals surface area contributed by atoms with Crippen molar-refractivity contribution in [2.45, 2.75) is 109 Å². The van der Waals surface area contributed by atoms with E-state index >= 15 is 0 Å². The molecule has 156 valence electrons. The van der Waals surface area contributed by atoms with Gasteiger partial charge in [0.05, 0.1) is 19.3 Å². The third kappa shape index (κ3) is 12.2. The summed E-state index contributed by atoms with van der Waals surface area (Å²) in [5, 5.41) is 0. The summed E-state index contributed by atoms with van der Waals surface area (Å²) in [5.74, 6) is -0.854. The maximum Gasteiger partial charge on any atom is 0.217 e. The third-order valence-electron chi connectivity index (χ3n) is 4.90. The van der Waals surface area contributed by atoms with E-state index in [1.807, 2.05) is 0 Å². The minimum atomic E-state index is -4.65. The first-order valence-corrected chi connectivity index (χ1v) is 11.6. The summed E-state index contributed by atoms with van der Waals surface area (Å²) in [5.41, 5.74) is 0. The second kappa shape index (κ2) is 13.0. The lowest BCUT2D eigenvalue weighted by molar-refractivity contribution is -0.162. The van der Waals surface area contributed by atoms with Gasteiger partial charge in [-0.2, -0.15) is 0 Å². The molecule has 2 unspecified atom stereocenters. The predicted molar refractivity (Wildman–Crippen MR) is 101 cm³/mol. The third-order valence-corrected chi connectivity index (χ3v) is 5.36. The van der Waals surface area contributed by atoms with Crippen LogP contribution in [0, 0.1) is 0 Å². The van der Waals surface area contributed by atoms with E-state index in [1.165, 1.54) is 64.2 Å². The van der Waals surface area contributed by atoms with Crippen molar-refractivity contribution in [3.63, 3.8) is 0 Å². The minimum absolute atomic E-state index is 0.0439. The van der Waals surface area contributed by atoms with Gasteiger partial charge < -0.3 is 14.0 Å². The molecule has 0 amide bonds. The molecule has 0 aromatic rings. The van der Waals surface area contributed by atoms with Crippen LogP contribution < -0.4 is 0 Å². The molecule has 1 aliphatic heterocycles. The van der Waals surface area contributed by atoms with Gasteiger partial charge in [0.2, 0.25) is 10.4 Å². The average Bonchev–Trinajstić information content (AvgIpc) is 2.93. The molecule has 0 spiro atoms. The second-order valence-electron chi connectivity index (χ2n) is 7.49. The Morgan fingerprint density at radius 2 is 1.54 bits per heavy atom. The summed E-state index contributed by atoms with van der Waals surface area (Å²) < 4.78 is 47.0. The first kappa shape index (κ1) is 23.8. The smallest absolute Gasteiger partial charge is 0.217 e. The highest BCUT2D eigenvalue weighted by Gasteiger charge is 2.36. The van der Waals surface area contributed by atoms with Gasteiger partial charge in [0.25, 0.3) is 0 Å². The van der Waals surface area contributed by atoms with Crippen molar-refractivity contribution in [2.24, 2.45) is 0 Å². The highest BCUT2D eigenvalue weighted by atomic mass is 32.3. The van der Waals surface area contributed by atoms with E-state index in [2.05, 4.69) is 11.1 Å².